The van der Waals surface area contributed by atoms with Gasteiger partial charge in [0.15, 0.2) is 0 Å². The predicted octanol–water partition coefficient (Wildman–Crippen LogP) is 20.4. The number of aryl methyl sites for hydroxylation is 6. The van der Waals surface area contributed by atoms with Crippen LogP contribution in [-0.2, 0) is 0 Å². The van der Waals surface area contributed by atoms with Gasteiger partial charge in [-0.2, -0.15) is 0 Å². The van der Waals surface area contributed by atoms with Gasteiger partial charge >= 0.3 is 0 Å². The minimum atomic E-state index is 0. The molecule has 0 unspecified atom stereocenters. The normalized spacial score (nSPS) is 11.5. The zero-order valence-corrected chi connectivity index (χ0v) is 51.1. The van der Waals surface area contributed by atoms with Gasteiger partial charge in [-0.15, -0.1) is 0 Å². The summed E-state index contributed by atoms with van der Waals surface area (Å²) in [7, 11) is 0. The number of nitrogens with zero attached hydrogens (tertiary/aromatic N) is 10. The number of aromatic nitrogens is 10. The SMILES string of the molecule is Brc1ccc2c3cnccc3n3ccnc3c2c1.C.C.Cc1cc(C)c(-c2cnc3c4cc(O)ccc4c4ccccc4n23)c(C)c1.Cc1cc(C)c(-c2cnc3c4cc(Oc5ccc6c7cnccc7n7ccnc7c6c5)ccc4c4ccccc4n23)c(C)c1. The fourth-order valence-electron chi connectivity index (χ4n) is 13.9. The second-order valence-corrected chi connectivity index (χ2v) is 24.1. The van der Waals surface area contributed by atoms with E-state index in [2.05, 4.69) is 204 Å². The number of phenolic OH excluding ortho intramolecular Hbond substituents is 1. The van der Waals surface area contributed by atoms with Crippen molar-refractivity contribution >= 4 is 125 Å². The lowest BCUT2D eigenvalue weighted by Crippen LogP contribution is -1.97. The second kappa shape index (κ2) is 22.5. The van der Waals surface area contributed by atoms with Crippen LogP contribution in [0.25, 0.3) is 132 Å². The number of fused-ring (bicyclic) bond motifs is 24. The predicted molar refractivity (Wildman–Crippen MR) is 379 cm³/mol. The number of imidazole rings is 4. The van der Waals surface area contributed by atoms with Gasteiger partial charge in [0.2, 0.25) is 0 Å². The van der Waals surface area contributed by atoms with Crippen LogP contribution in [-0.4, -0.2) is 52.6 Å². The van der Waals surface area contributed by atoms with Gasteiger partial charge in [0.05, 0.1) is 45.8 Å². The fourth-order valence-corrected chi connectivity index (χ4v) is 14.3. The molecule has 91 heavy (non-hydrogen) atoms. The maximum Gasteiger partial charge on any atom is 0.145 e. The third-order valence-corrected chi connectivity index (χ3v) is 17.9. The molecule has 0 aliphatic carbocycles. The Hall–Kier alpha value is -11.0. The van der Waals surface area contributed by atoms with E-state index in [1.54, 1.807) is 6.07 Å². The molecule has 0 saturated carbocycles. The van der Waals surface area contributed by atoms with Gasteiger partial charge in [0.25, 0.3) is 0 Å². The molecule has 0 aliphatic rings. The first-order valence-electron chi connectivity index (χ1n) is 29.5. The number of pyridine rings is 6. The van der Waals surface area contributed by atoms with Crippen molar-refractivity contribution in [3.63, 3.8) is 0 Å². The van der Waals surface area contributed by atoms with Crippen LogP contribution in [0.3, 0.4) is 0 Å². The van der Waals surface area contributed by atoms with Gasteiger partial charge in [-0.25, -0.2) is 19.9 Å². The number of benzene rings is 8. The third kappa shape index (κ3) is 9.41. The maximum atomic E-state index is 10.1. The first-order chi connectivity index (χ1) is 43.4. The Labute approximate surface area is 533 Å². The Kier molecular flexibility index (Phi) is 14.3. The molecule has 0 aliphatic heterocycles. The van der Waals surface area contributed by atoms with Crippen LogP contribution in [0.2, 0.25) is 0 Å². The molecular weight excluding hydrogens is 1190 g/mol. The number of aromatic hydroxyl groups is 1. The molecule has 444 valence electrons. The van der Waals surface area contributed by atoms with Crippen LogP contribution < -0.4 is 4.74 Å². The molecule has 18 aromatic rings. The Balaban J connectivity index is 0.000000130. The number of phenols is 1. The van der Waals surface area contributed by atoms with Crippen LogP contribution >= 0.6 is 15.9 Å². The first-order valence-corrected chi connectivity index (χ1v) is 30.3. The van der Waals surface area contributed by atoms with Crippen molar-refractivity contribution in [3.05, 3.63) is 258 Å². The highest BCUT2D eigenvalue weighted by atomic mass is 79.9. The quantitative estimate of drug-likeness (QED) is 0.173. The summed E-state index contributed by atoms with van der Waals surface area (Å²) in [5, 5.41) is 23.3. The Morgan fingerprint density at radius 2 is 0.780 bits per heavy atom. The third-order valence-electron chi connectivity index (χ3n) is 17.4. The molecule has 12 nitrogen and oxygen atoms in total. The molecule has 0 amide bonds. The molecule has 1 N–H and O–H groups in total. The lowest BCUT2D eigenvalue weighted by molar-refractivity contribution is 0.476. The average molecular weight is 1250 g/mol. The van der Waals surface area contributed by atoms with E-state index in [0.717, 1.165) is 126 Å². The number of halogens is 1. The Bertz CT molecular complexity index is 5930. The number of hydrogen-bond donors (Lipinski definition) is 1. The standard InChI is InChI=1S/C38H27N5O.C24H20N2O.C14H8BrN3.2CH4/c1-22-16-23(2)36(24(3)17-22)35-21-41-38-31-19-26(8-10-27(31)29-6-4-5-7-34(29)43(35)38)44-25-9-11-28-30(18-25)37-40-14-15-42(37)33-12-13-39-20-32(28)33;1-14-10-15(2)23(16(3)11-14)22-13-25-24-20-12-17(27)8-9-18(20)19-6-4-5-7-21(19)26(22)24;15-9-1-2-10-11(7-9)14-17-5-6-18(14)13-3-4-16-8-12(10)13;;/h4-21H,1-3H3;4-13,27H,1-3H3;1-8H;2*1H4. The van der Waals surface area contributed by atoms with E-state index in [0.29, 0.717) is 0 Å². The zero-order chi connectivity index (χ0) is 60.3. The smallest absolute Gasteiger partial charge is 0.145 e. The molecule has 13 heteroatoms. The highest BCUT2D eigenvalue weighted by Crippen LogP contribution is 2.41. The highest BCUT2D eigenvalue weighted by molar-refractivity contribution is 9.10. The molecule has 0 fully saturated rings. The Morgan fingerprint density at radius 1 is 0.363 bits per heavy atom. The number of ether oxygens (including phenoxy) is 1. The summed E-state index contributed by atoms with van der Waals surface area (Å²) in [6.45, 7) is 13.0. The second-order valence-electron chi connectivity index (χ2n) is 23.2. The number of para-hydroxylation sites is 2. The molecule has 0 radical (unpaired) electrons. The molecule has 0 saturated heterocycles. The molecule has 0 bridgehead atoms. The van der Waals surface area contributed by atoms with E-state index in [9.17, 15) is 5.11 Å². The van der Waals surface area contributed by atoms with Crippen molar-refractivity contribution in [2.75, 3.05) is 0 Å². The molecule has 0 atom stereocenters. The summed E-state index contributed by atoms with van der Waals surface area (Å²) >= 11 is 3.52. The minimum absolute atomic E-state index is 0. The lowest BCUT2D eigenvalue weighted by Gasteiger charge is -2.15. The van der Waals surface area contributed by atoms with E-state index < -0.39 is 0 Å². The average Bonchev–Trinajstić information content (AvgIpc) is 1.71. The van der Waals surface area contributed by atoms with Crippen molar-refractivity contribution in [2.45, 2.75) is 56.4 Å². The molecule has 0 spiro atoms. The highest BCUT2D eigenvalue weighted by Gasteiger charge is 2.21. The van der Waals surface area contributed by atoms with Crippen LogP contribution in [0.4, 0.5) is 0 Å². The molecule has 10 heterocycles. The Morgan fingerprint density at radius 3 is 1.27 bits per heavy atom. The molecule has 18 rings (SSSR count). The fraction of sp³-hybridized carbons (Fsp3) is 0.103. The first kappa shape index (κ1) is 57.7. The van der Waals surface area contributed by atoms with Gasteiger partial charge in [-0.1, -0.05) is 109 Å². The van der Waals surface area contributed by atoms with Crippen molar-refractivity contribution in [1.29, 1.82) is 0 Å². The summed E-state index contributed by atoms with van der Waals surface area (Å²) in [5.41, 5.74) is 20.3. The van der Waals surface area contributed by atoms with Crippen LogP contribution in [0.15, 0.2) is 224 Å². The van der Waals surface area contributed by atoms with E-state index in [4.69, 9.17) is 14.7 Å². The van der Waals surface area contributed by atoms with Crippen molar-refractivity contribution < 1.29 is 9.84 Å². The summed E-state index contributed by atoms with van der Waals surface area (Å²) < 4.78 is 16.3. The van der Waals surface area contributed by atoms with Crippen molar-refractivity contribution in [3.8, 4) is 39.8 Å². The van der Waals surface area contributed by atoms with E-state index >= 15 is 0 Å². The minimum Gasteiger partial charge on any atom is -0.508 e. The summed E-state index contributed by atoms with van der Waals surface area (Å²) in [6, 6.07) is 54.2. The van der Waals surface area contributed by atoms with Gasteiger partial charge < -0.3 is 9.84 Å². The molecule has 8 aromatic carbocycles. The number of rotatable bonds is 4. The summed E-state index contributed by atoms with van der Waals surface area (Å²) in [5.74, 6) is 1.76. The van der Waals surface area contributed by atoms with Gasteiger partial charge in [-0.3, -0.25) is 27.6 Å². The summed E-state index contributed by atoms with van der Waals surface area (Å²) in [4.78, 5) is 27.5. The summed E-state index contributed by atoms with van der Waals surface area (Å²) in [6.07, 6.45) is 19.0. The van der Waals surface area contributed by atoms with Crippen LogP contribution in [0.1, 0.15) is 48.2 Å². The monoisotopic (exact) mass is 1250 g/mol. The van der Waals surface area contributed by atoms with E-state index in [1.807, 2.05) is 104 Å². The lowest BCUT2D eigenvalue weighted by atomic mass is 9.97. The van der Waals surface area contributed by atoms with Gasteiger partial charge in [-0.05, 0) is 176 Å². The zero-order valence-electron chi connectivity index (χ0n) is 49.5. The van der Waals surface area contributed by atoms with E-state index in [-0.39, 0.29) is 20.6 Å². The molecule has 10 aromatic heterocycles. The van der Waals surface area contributed by atoms with Crippen molar-refractivity contribution in [1.82, 2.24) is 47.5 Å². The van der Waals surface area contributed by atoms with Gasteiger partial charge in [0.1, 0.15) is 39.8 Å². The van der Waals surface area contributed by atoms with Crippen molar-refractivity contribution in [2.24, 2.45) is 0 Å². The van der Waals surface area contributed by atoms with Crippen LogP contribution in [0.5, 0.6) is 17.2 Å². The van der Waals surface area contributed by atoms with Crippen LogP contribution in [0, 0.1) is 41.5 Å². The topological polar surface area (TPSA) is 124 Å². The number of hydrogen-bond acceptors (Lipinski definition) is 8. The maximum absolute atomic E-state index is 10.1. The molecular formula is C78H63BrN10O2. The largest absolute Gasteiger partial charge is 0.508 e. The van der Waals surface area contributed by atoms with E-state index in [1.165, 1.54) is 55.3 Å². The van der Waals surface area contributed by atoms with Gasteiger partial charge in [0, 0.05) is 108 Å².